The van der Waals surface area contributed by atoms with Gasteiger partial charge in [0.25, 0.3) is 0 Å². The minimum absolute atomic E-state index is 0.0723. The van der Waals surface area contributed by atoms with E-state index in [0.717, 1.165) is 5.56 Å². The van der Waals surface area contributed by atoms with Gasteiger partial charge in [-0.15, -0.1) is 0 Å². The van der Waals surface area contributed by atoms with Crippen LogP contribution < -0.4 is 5.32 Å². The van der Waals surface area contributed by atoms with Crippen molar-refractivity contribution >= 4 is 18.3 Å². The fourth-order valence-corrected chi connectivity index (χ4v) is 2.00. The zero-order valence-electron chi connectivity index (χ0n) is 13.0. The van der Waals surface area contributed by atoms with Crippen LogP contribution in [0.3, 0.4) is 0 Å². The standard InChI is InChI=1S/C16H21NO5/c1-15(2,3)22-14(21)17-16(11-18,10-13(19)20)9-12-7-5-4-6-8-12/h4-8,11H,9-10H2,1-3H3,(H,17,21)(H,19,20)/t16-/m0/s1. The number of benzene rings is 1. The third-order valence-corrected chi connectivity index (χ3v) is 2.80. The summed E-state index contributed by atoms with van der Waals surface area (Å²) >= 11 is 0. The van der Waals surface area contributed by atoms with E-state index >= 15 is 0 Å². The van der Waals surface area contributed by atoms with Gasteiger partial charge in [0, 0.05) is 6.42 Å². The second-order valence-corrected chi connectivity index (χ2v) is 6.13. The molecule has 0 saturated heterocycles. The molecule has 0 bridgehead atoms. The van der Waals surface area contributed by atoms with E-state index in [0.29, 0.717) is 6.29 Å². The smallest absolute Gasteiger partial charge is 0.408 e. The van der Waals surface area contributed by atoms with Gasteiger partial charge in [-0.3, -0.25) is 4.79 Å². The first-order valence-electron chi connectivity index (χ1n) is 6.89. The van der Waals surface area contributed by atoms with Gasteiger partial charge in [0.2, 0.25) is 0 Å². The van der Waals surface area contributed by atoms with E-state index in [4.69, 9.17) is 9.84 Å². The topological polar surface area (TPSA) is 92.7 Å². The maximum absolute atomic E-state index is 11.9. The zero-order valence-corrected chi connectivity index (χ0v) is 13.0. The maximum atomic E-state index is 11.9. The molecule has 0 aromatic heterocycles. The molecule has 0 unspecified atom stereocenters. The summed E-state index contributed by atoms with van der Waals surface area (Å²) in [5, 5.41) is 11.5. The highest BCUT2D eigenvalue weighted by Crippen LogP contribution is 2.17. The van der Waals surface area contributed by atoms with E-state index in [2.05, 4.69) is 5.32 Å². The first-order chi connectivity index (χ1) is 10.2. The van der Waals surface area contributed by atoms with Crippen molar-refractivity contribution in [2.45, 2.75) is 44.8 Å². The van der Waals surface area contributed by atoms with Crippen molar-refractivity contribution in [1.29, 1.82) is 0 Å². The summed E-state index contributed by atoms with van der Waals surface area (Å²) < 4.78 is 5.11. The lowest BCUT2D eigenvalue weighted by Crippen LogP contribution is -2.54. The van der Waals surface area contributed by atoms with Gasteiger partial charge in [0.15, 0.2) is 0 Å². The van der Waals surface area contributed by atoms with E-state index in [1.165, 1.54) is 0 Å². The van der Waals surface area contributed by atoms with Crippen LogP contribution in [0.4, 0.5) is 4.79 Å². The van der Waals surface area contributed by atoms with Gasteiger partial charge in [0.05, 0.1) is 6.42 Å². The Morgan fingerprint density at radius 1 is 1.23 bits per heavy atom. The van der Waals surface area contributed by atoms with Crippen molar-refractivity contribution in [3.8, 4) is 0 Å². The minimum atomic E-state index is -1.55. The second kappa shape index (κ2) is 7.06. The molecular weight excluding hydrogens is 286 g/mol. The fraction of sp³-hybridized carbons (Fsp3) is 0.438. The molecule has 0 radical (unpaired) electrons. The van der Waals surface area contributed by atoms with Crippen molar-refractivity contribution in [3.05, 3.63) is 35.9 Å². The summed E-state index contributed by atoms with van der Waals surface area (Å²) in [6, 6.07) is 8.89. The Labute approximate surface area is 129 Å². The van der Waals surface area contributed by atoms with Crippen molar-refractivity contribution in [1.82, 2.24) is 5.32 Å². The summed E-state index contributed by atoms with van der Waals surface area (Å²) in [6.45, 7) is 5.05. The average Bonchev–Trinajstić information content (AvgIpc) is 2.36. The summed E-state index contributed by atoms with van der Waals surface area (Å²) in [6.07, 6.45) is -0.817. The van der Waals surface area contributed by atoms with Gasteiger partial charge in [0.1, 0.15) is 17.4 Å². The lowest BCUT2D eigenvalue weighted by Gasteiger charge is -2.29. The van der Waals surface area contributed by atoms with E-state index in [1.54, 1.807) is 45.0 Å². The molecule has 1 atom stereocenters. The number of rotatable bonds is 6. The molecule has 0 aliphatic rings. The van der Waals surface area contributed by atoms with Crippen molar-refractivity contribution in [2.24, 2.45) is 0 Å². The summed E-state index contributed by atoms with van der Waals surface area (Å²) in [7, 11) is 0. The predicted molar refractivity (Wildman–Crippen MR) is 80.6 cm³/mol. The molecule has 1 amide bonds. The zero-order chi connectivity index (χ0) is 16.8. The van der Waals surface area contributed by atoms with Crippen LogP contribution in [0, 0.1) is 0 Å². The molecule has 2 N–H and O–H groups in total. The number of aliphatic carboxylic acids is 1. The van der Waals surface area contributed by atoms with Crippen LogP contribution in [0.2, 0.25) is 0 Å². The SMILES string of the molecule is CC(C)(C)OC(=O)N[C@](C=O)(CC(=O)O)Cc1ccccc1. The summed E-state index contributed by atoms with van der Waals surface area (Å²) in [4.78, 5) is 34.5. The van der Waals surface area contributed by atoms with E-state index in [-0.39, 0.29) is 6.42 Å². The van der Waals surface area contributed by atoms with Crippen LogP contribution in [0.5, 0.6) is 0 Å². The van der Waals surface area contributed by atoms with Crippen LogP contribution in [-0.4, -0.2) is 34.6 Å². The number of aldehydes is 1. The second-order valence-electron chi connectivity index (χ2n) is 6.13. The van der Waals surface area contributed by atoms with Crippen molar-refractivity contribution in [2.75, 3.05) is 0 Å². The molecule has 0 aliphatic carbocycles. The molecule has 6 heteroatoms. The quantitative estimate of drug-likeness (QED) is 0.786. The summed E-state index contributed by atoms with van der Waals surface area (Å²) in [5.74, 6) is -1.18. The highest BCUT2D eigenvalue weighted by molar-refractivity contribution is 5.82. The van der Waals surface area contributed by atoms with Gasteiger partial charge in [-0.25, -0.2) is 4.79 Å². The lowest BCUT2D eigenvalue weighted by molar-refractivity contribution is -0.140. The van der Waals surface area contributed by atoms with Gasteiger partial charge < -0.3 is 20.0 Å². The number of carboxylic acids is 1. The van der Waals surface area contributed by atoms with Crippen LogP contribution in [-0.2, 0) is 20.7 Å². The number of carboxylic acid groups (broad SMARTS) is 1. The molecular formula is C16H21NO5. The normalized spacial score (nSPS) is 13.8. The van der Waals surface area contributed by atoms with E-state index in [1.807, 2.05) is 6.07 Å². The first kappa shape index (κ1) is 17.7. The molecule has 1 aromatic carbocycles. The molecule has 0 saturated carbocycles. The molecule has 1 aromatic rings. The van der Waals surface area contributed by atoms with Crippen LogP contribution in [0.15, 0.2) is 30.3 Å². The maximum Gasteiger partial charge on any atom is 0.408 e. The molecule has 1 rings (SSSR count). The average molecular weight is 307 g/mol. The molecule has 0 heterocycles. The monoisotopic (exact) mass is 307 g/mol. The Bertz CT molecular complexity index is 535. The lowest BCUT2D eigenvalue weighted by atomic mass is 9.89. The molecule has 0 aliphatic heterocycles. The highest BCUT2D eigenvalue weighted by atomic mass is 16.6. The predicted octanol–water partition coefficient (Wildman–Crippen LogP) is 2.17. The van der Waals surface area contributed by atoms with Crippen LogP contribution >= 0.6 is 0 Å². The molecule has 22 heavy (non-hydrogen) atoms. The summed E-state index contributed by atoms with van der Waals surface area (Å²) in [5.41, 5.74) is -1.54. The molecule has 6 nitrogen and oxygen atoms in total. The van der Waals surface area contributed by atoms with Gasteiger partial charge in [-0.05, 0) is 26.3 Å². The molecule has 0 spiro atoms. The first-order valence-corrected chi connectivity index (χ1v) is 6.89. The largest absolute Gasteiger partial charge is 0.481 e. The molecule has 0 fully saturated rings. The Morgan fingerprint density at radius 3 is 2.27 bits per heavy atom. The van der Waals surface area contributed by atoms with Gasteiger partial charge in [-0.2, -0.15) is 0 Å². The van der Waals surface area contributed by atoms with Crippen LogP contribution in [0.1, 0.15) is 32.8 Å². The van der Waals surface area contributed by atoms with E-state index in [9.17, 15) is 14.4 Å². The number of hydrogen-bond acceptors (Lipinski definition) is 4. The van der Waals surface area contributed by atoms with E-state index < -0.39 is 29.6 Å². The number of amides is 1. The van der Waals surface area contributed by atoms with Crippen molar-refractivity contribution < 1.29 is 24.2 Å². The Kier molecular flexibility index (Phi) is 5.68. The van der Waals surface area contributed by atoms with Gasteiger partial charge in [-0.1, -0.05) is 30.3 Å². The third-order valence-electron chi connectivity index (χ3n) is 2.80. The highest BCUT2D eigenvalue weighted by Gasteiger charge is 2.36. The fourth-order valence-electron chi connectivity index (χ4n) is 2.00. The number of nitrogens with one attached hydrogen (secondary N) is 1. The molecule has 120 valence electrons. The number of alkyl carbamates (subject to hydrolysis) is 1. The Morgan fingerprint density at radius 2 is 1.82 bits per heavy atom. The Hall–Kier alpha value is -2.37. The number of carbonyl (C=O) groups is 3. The van der Waals surface area contributed by atoms with Gasteiger partial charge >= 0.3 is 12.1 Å². The Balaban J connectivity index is 2.97. The van der Waals surface area contributed by atoms with Crippen LogP contribution in [0.25, 0.3) is 0 Å². The minimum Gasteiger partial charge on any atom is -0.481 e. The van der Waals surface area contributed by atoms with Crippen molar-refractivity contribution in [3.63, 3.8) is 0 Å². The number of hydrogen-bond donors (Lipinski definition) is 2. The number of carbonyl (C=O) groups excluding carboxylic acids is 2. The number of ether oxygens (including phenoxy) is 1. The third kappa shape index (κ3) is 5.95.